The van der Waals surface area contributed by atoms with Crippen molar-refractivity contribution in [1.29, 1.82) is 0 Å². The molecule has 8 heteroatoms. The summed E-state index contributed by atoms with van der Waals surface area (Å²) in [6.45, 7) is 3.64. The molecule has 0 aliphatic heterocycles. The third-order valence-electron chi connectivity index (χ3n) is 2.13. The lowest BCUT2D eigenvalue weighted by atomic mass is 10.1. The maximum Gasteiger partial charge on any atom is 0.321 e. The van der Waals surface area contributed by atoms with Gasteiger partial charge in [0.05, 0.1) is 5.02 Å². The standard InChI is InChI=1S/C10H14ClNO4S2/c1-6(2)5-8(9(13)14)12-18(15,16)10-7(11)3-4-17-10/h3-4,6,8,12H,5H2,1-2H3,(H,13,14). The highest BCUT2D eigenvalue weighted by atomic mass is 35.5. The van der Waals surface area contributed by atoms with E-state index in [0.717, 1.165) is 11.3 Å². The van der Waals surface area contributed by atoms with Crippen LogP contribution >= 0.6 is 22.9 Å². The van der Waals surface area contributed by atoms with E-state index in [9.17, 15) is 13.2 Å². The molecule has 1 unspecified atom stereocenters. The molecule has 0 amide bonds. The lowest BCUT2D eigenvalue weighted by Gasteiger charge is -2.16. The molecular weight excluding hydrogens is 298 g/mol. The minimum absolute atomic E-state index is 0.0563. The Balaban J connectivity index is 2.94. The van der Waals surface area contributed by atoms with Gasteiger partial charge < -0.3 is 5.11 Å². The molecule has 0 saturated carbocycles. The summed E-state index contributed by atoms with van der Waals surface area (Å²) in [5, 5.41) is 10.6. The van der Waals surface area contributed by atoms with Crippen LogP contribution in [0.15, 0.2) is 15.7 Å². The highest BCUT2D eigenvalue weighted by molar-refractivity contribution is 7.91. The molecule has 0 spiro atoms. The zero-order valence-electron chi connectivity index (χ0n) is 9.88. The highest BCUT2D eigenvalue weighted by Crippen LogP contribution is 2.27. The number of halogens is 1. The van der Waals surface area contributed by atoms with E-state index in [2.05, 4.69) is 4.72 Å². The van der Waals surface area contributed by atoms with Crippen LogP contribution in [-0.4, -0.2) is 25.5 Å². The lowest BCUT2D eigenvalue weighted by Crippen LogP contribution is -2.41. The maximum absolute atomic E-state index is 12.0. The van der Waals surface area contributed by atoms with E-state index in [-0.39, 0.29) is 21.6 Å². The van der Waals surface area contributed by atoms with Gasteiger partial charge in [0.2, 0.25) is 0 Å². The molecule has 18 heavy (non-hydrogen) atoms. The van der Waals surface area contributed by atoms with Gasteiger partial charge >= 0.3 is 5.97 Å². The third kappa shape index (κ3) is 3.94. The quantitative estimate of drug-likeness (QED) is 0.843. The first kappa shape index (κ1) is 15.4. The Hall–Kier alpha value is -0.630. The van der Waals surface area contributed by atoms with E-state index in [1.54, 1.807) is 0 Å². The molecule has 1 aromatic rings. The van der Waals surface area contributed by atoms with Gasteiger partial charge in [-0.3, -0.25) is 4.79 Å². The third-order valence-corrected chi connectivity index (χ3v) is 5.63. The average molecular weight is 312 g/mol. The van der Waals surface area contributed by atoms with Crippen LogP contribution in [0, 0.1) is 5.92 Å². The number of carbonyl (C=O) groups is 1. The monoisotopic (exact) mass is 311 g/mol. The van der Waals surface area contributed by atoms with E-state index in [1.165, 1.54) is 11.4 Å². The second kappa shape index (κ2) is 6.01. The van der Waals surface area contributed by atoms with Crippen LogP contribution in [0.2, 0.25) is 5.02 Å². The van der Waals surface area contributed by atoms with Crippen LogP contribution < -0.4 is 4.72 Å². The zero-order chi connectivity index (χ0) is 13.9. The number of sulfonamides is 1. The molecule has 2 N–H and O–H groups in total. The first-order chi connectivity index (χ1) is 8.24. The van der Waals surface area contributed by atoms with Crippen molar-refractivity contribution in [3.05, 3.63) is 16.5 Å². The van der Waals surface area contributed by atoms with Crippen molar-refractivity contribution in [2.24, 2.45) is 5.92 Å². The van der Waals surface area contributed by atoms with Crippen LogP contribution in [-0.2, 0) is 14.8 Å². The minimum Gasteiger partial charge on any atom is -0.480 e. The Morgan fingerprint density at radius 1 is 1.56 bits per heavy atom. The summed E-state index contributed by atoms with van der Waals surface area (Å²) in [5.41, 5.74) is 0. The predicted octanol–water partition coefficient (Wildman–Crippen LogP) is 2.18. The molecule has 0 fully saturated rings. The lowest BCUT2D eigenvalue weighted by molar-refractivity contribution is -0.139. The van der Waals surface area contributed by atoms with Crippen molar-refractivity contribution in [1.82, 2.24) is 4.72 Å². The SMILES string of the molecule is CC(C)CC(NS(=O)(=O)c1sccc1Cl)C(=O)O. The number of aliphatic carboxylic acids is 1. The highest BCUT2D eigenvalue weighted by Gasteiger charge is 2.28. The normalized spacial score (nSPS) is 13.8. The Morgan fingerprint density at radius 2 is 2.17 bits per heavy atom. The van der Waals surface area contributed by atoms with E-state index < -0.39 is 22.0 Å². The summed E-state index contributed by atoms with van der Waals surface area (Å²) >= 11 is 6.69. The molecule has 0 radical (unpaired) electrons. The molecule has 102 valence electrons. The summed E-state index contributed by atoms with van der Waals surface area (Å²) in [6.07, 6.45) is 0.220. The number of hydrogen-bond donors (Lipinski definition) is 2. The summed E-state index contributed by atoms with van der Waals surface area (Å²) in [6, 6.07) is 0.312. The second-order valence-electron chi connectivity index (χ2n) is 4.20. The number of nitrogens with one attached hydrogen (secondary N) is 1. The van der Waals surface area contributed by atoms with Crippen LogP contribution in [0.25, 0.3) is 0 Å². The number of carboxylic acid groups (broad SMARTS) is 1. The van der Waals surface area contributed by atoms with Crippen LogP contribution in [0.3, 0.4) is 0 Å². The van der Waals surface area contributed by atoms with Crippen molar-refractivity contribution < 1.29 is 18.3 Å². The average Bonchev–Trinajstić information content (AvgIpc) is 2.62. The summed E-state index contributed by atoms with van der Waals surface area (Å²) in [7, 11) is -3.88. The van der Waals surface area contributed by atoms with Gasteiger partial charge in [0.1, 0.15) is 6.04 Å². The van der Waals surface area contributed by atoms with E-state index in [4.69, 9.17) is 16.7 Å². The minimum atomic E-state index is -3.88. The predicted molar refractivity (Wildman–Crippen MR) is 70.5 cm³/mol. The van der Waals surface area contributed by atoms with Crippen LogP contribution in [0.1, 0.15) is 20.3 Å². The fourth-order valence-corrected chi connectivity index (χ4v) is 4.29. The summed E-state index contributed by atoms with van der Waals surface area (Å²) in [5.74, 6) is -1.13. The second-order valence-corrected chi connectivity index (χ2v) is 7.43. The van der Waals surface area contributed by atoms with E-state index >= 15 is 0 Å². The molecule has 0 bridgehead atoms. The van der Waals surface area contributed by atoms with Crippen molar-refractivity contribution in [2.75, 3.05) is 0 Å². The number of rotatable bonds is 6. The molecule has 0 aromatic carbocycles. The number of carboxylic acids is 1. The molecule has 0 saturated heterocycles. The van der Waals surface area contributed by atoms with Gasteiger partial charge in [0.25, 0.3) is 10.0 Å². The number of hydrogen-bond acceptors (Lipinski definition) is 4. The van der Waals surface area contributed by atoms with Gasteiger partial charge in [-0.2, -0.15) is 4.72 Å². The largest absolute Gasteiger partial charge is 0.480 e. The Labute approximate surface area is 115 Å². The maximum atomic E-state index is 12.0. The summed E-state index contributed by atoms with van der Waals surface area (Å²) in [4.78, 5) is 11.0. The fourth-order valence-electron chi connectivity index (χ4n) is 1.38. The van der Waals surface area contributed by atoms with Gasteiger partial charge in [-0.05, 0) is 23.8 Å². The topological polar surface area (TPSA) is 83.5 Å². The zero-order valence-corrected chi connectivity index (χ0v) is 12.3. The molecule has 1 atom stereocenters. The van der Waals surface area contributed by atoms with Crippen LogP contribution in [0.4, 0.5) is 0 Å². The van der Waals surface area contributed by atoms with E-state index in [1.807, 2.05) is 13.8 Å². The molecule has 0 aliphatic carbocycles. The number of thiophene rings is 1. The molecule has 1 aromatic heterocycles. The molecule has 0 aliphatic rings. The van der Waals surface area contributed by atoms with Crippen molar-refractivity contribution in [3.8, 4) is 0 Å². The first-order valence-electron chi connectivity index (χ1n) is 5.22. The smallest absolute Gasteiger partial charge is 0.321 e. The van der Waals surface area contributed by atoms with Crippen LogP contribution in [0.5, 0.6) is 0 Å². The molecular formula is C10H14ClNO4S2. The van der Waals surface area contributed by atoms with E-state index in [0.29, 0.717) is 0 Å². The van der Waals surface area contributed by atoms with Gasteiger partial charge in [0, 0.05) is 0 Å². The Kier molecular flexibility index (Phi) is 5.15. The Bertz CT molecular complexity index is 524. The van der Waals surface area contributed by atoms with Crippen molar-refractivity contribution >= 4 is 38.9 Å². The van der Waals surface area contributed by atoms with Gasteiger partial charge in [-0.15, -0.1) is 11.3 Å². The van der Waals surface area contributed by atoms with Crippen molar-refractivity contribution in [2.45, 2.75) is 30.5 Å². The Morgan fingerprint density at radius 3 is 2.56 bits per heavy atom. The summed E-state index contributed by atoms with van der Waals surface area (Å²) < 4.78 is 26.0. The van der Waals surface area contributed by atoms with Crippen molar-refractivity contribution in [3.63, 3.8) is 0 Å². The first-order valence-corrected chi connectivity index (χ1v) is 7.96. The van der Waals surface area contributed by atoms with Gasteiger partial charge in [-0.25, -0.2) is 8.42 Å². The van der Waals surface area contributed by atoms with Gasteiger partial charge in [0.15, 0.2) is 4.21 Å². The fraction of sp³-hybridized carbons (Fsp3) is 0.500. The van der Waals surface area contributed by atoms with Gasteiger partial charge in [-0.1, -0.05) is 25.4 Å². The molecule has 5 nitrogen and oxygen atoms in total. The molecule has 1 rings (SSSR count). The molecule has 1 heterocycles.